The molecule has 0 spiro atoms. The summed E-state index contributed by atoms with van der Waals surface area (Å²) in [4.78, 5) is 2.24. The molecule has 0 saturated carbocycles. The Bertz CT molecular complexity index is 422. The largest absolute Gasteiger partial charge is 0.497 e. The van der Waals surface area contributed by atoms with Crippen LogP contribution < -0.4 is 10.1 Å². The predicted molar refractivity (Wildman–Crippen MR) is 82.7 cm³/mol. The van der Waals surface area contributed by atoms with E-state index in [1.54, 1.807) is 7.11 Å². The lowest BCUT2D eigenvalue weighted by Crippen LogP contribution is -2.44. The van der Waals surface area contributed by atoms with Gasteiger partial charge in [0.15, 0.2) is 0 Å². The van der Waals surface area contributed by atoms with Gasteiger partial charge in [-0.15, -0.1) is 0 Å². The predicted octanol–water partition coefficient (Wildman–Crippen LogP) is 1.04. The van der Waals surface area contributed by atoms with Crippen molar-refractivity contribution in [1.29, 1.82) is 0 Å². The Morgan fingerprint density at radius 1 is 1.38 bits per heavy atom. The van der Waals surface area contributed by atoms with Crippen LogP contribution in [0, 0.1) is 0 Å². The maximum atomic E-state index is 10.1. The van der Waals surface area contributed by atoms with Crippen LogP contribution in [0.4, 0.5) is 0 Å². The van der Waals surface area contributed by atoms with Gasteiger partial charge in [-0.05, 0) is 24.6 Å². The Balaban J connectivity index is 1.75. The molecular weight excluding hydrogens is 268 g/mol. The van der Waals surface area contributed by atoms with E-state index < -0.39 is 0 Å². The molecule has 1 aliphatic rings. The average Bonchev–Trinajstić information content (AvgIpc) is 2.53. The van der Waals surface area contributed by atoms with Crippen LogP contribution in [0.25, 0.3) is 0 Å². The molecule has 0 bridgehead atoms. The van der Waals surface area contributed by atoms with Gasteiger partial charge in [-0.1, -0.05) is 12.1 Å². The summed E-state index contributed by atoms with van der Waals surface area (Å²) in [5.74, 6) is 0.856. The first-order chi connectivity index (χ1) is 10.2. The lowest BCUT2D eigenvalue weighted by molar-refractivity contribution is 0.0145. The second kappa shape index (κ2) is 8.34. The van der Waals surface area contributed by atoms with Crippen LogP contribution in [0.1, 0.15) is 18.5 Å². The van der Waals surface area contributed by atoms with Gasteiger partial charge in [-0.3, -0.25) is 4.90 Å². The Morgan fingerprint density at radius 3 is 2.86 bits per heavy atom. The molecule has 1 aromatic rings. The number of hydrogen-bond acceptors (Lipinski definition) is 5. The normalized spacial score (nSPS) is 19.2. The number of nitrogens with zero attached hydrogens (tertiary/aromatic N) is 1. The van der Waals surface area contributed by atoms with Crippen molar-refractivity contribution in [3.05, 3.63) is 29.8 Å². The average molecular weight is 294 g/mol. The molecule has 2 rings (SSSR count). The Kier molecular flexibility index (Phi) is 6.45. The Labute approximate surface area is 126 Å². The minimum Gasteiger partial charge on any atom is -0.497 e. The molecule has 1 aliphatic heterocycles. The molecule has 118 valence electrons. The van der Waals surface area contributed by atoms with Gasteiger partial charge in [-0.25, -0.2) is 0 Å². The van der Waals surface area contributed by atoms with Gasteiger partial charge >= 0.3 is 0 Å². The van der Waals surface area contributed by atoms with E-state index in [1.165, 1.54) is 0 Å². The zero-order valence-electron chi connectivity index (χ0n) is 12.9. The molecule has 2 N–H and O–H groups in total. The van der Waals surface area contributed by atoms with Gasteiger partial charge in [0.25, 0.3) is 0 Å². The van der Waals surface area contributed by atoms with Crippen LogP contribution in [-0.4, -0.2) is 62.6 Å². The van der Waals surface area contributed by atoms with Gasteiger partial charge in [0.1, 0.15) is 5.75 Å². The maximum Gasteiger partial charge on any atom is 0.119 e. The summed E-state index contributed by atoms with van der Waals surface area (Å²) in [5.41, 5.74) is 1.16. The number of methoxy groups -OCH3 is 1. The van der Waals surface area contributed by atoms with Gasteiger partial charge in [0.2, 0.25) is 0 Å². The van der Waals surface area contributed by atoms with E-state index in [0.717, 1.165) is 37.6 Å². The summed E-state index contributed by atoms with van der Waals surface area (Å²) in [6, 6.07) is 8.18. The third kappa shape index (κ3) is 5.28. The molecule has 5 nitrogen and oxygen atoms in total. The van der Waals surface area contributed by atoms with Gasteiger partial charge in [0, 0.05) is 32.2 Å². The standard InChI is InChI=1S/C16H26N2O3/c1-13(14-4-3-5-16(10-14)20-2)17-11-15(19)12-18-6-8-21-9-7-18/h3-5,10,13,15,17,19H,6-9,11-12H2,1-2H3/t13-,15?/m0/s1. The van der Waals surface area contributed by atoms with E-state index in [9.17, 15) is 5.11 Å². The number of nitrogens with one attached hydrogen (secondary N) is 1. The van der Waals surface area contributed by atoms with E-state index >= 15 is 0 Å². The minimum absolute atomic E-state index is 0.180. The number of benzene rings is 1. The molecular formula is C16H26N2O3. The number of rotatable bonds is 7. The first-order valence-electron chi connectivity index (χ1n) is 7.54. The highest BCUT2D eigenvalue weighted by Crippen LogP contribution is 2.18. The van der Waals surface area contributed by atoms with E-state index in [4.69, 9.17) is 9.47 Å². The lowest BCUT2D eigenvalue weighted by Gasteiger charge is -2.29. The number of aliphatic hydroxyl groups excluding tert-OH is 1. The van der Waals surface area contributed by atoms with Gasteiger partial charge < -0.3 is 19.9 Å². The van der Waals surface area contributed by atoms with E-state index in [0.29, 0.717) is 13.1 Å². The maximum absolute atomic E-state index is 10.1. The van der Waals surface area contributed by atoms with Crippen LogP contribution >= 0.6 is 0 Å². The number of β-amino-alcohol motifs (C(OH)–C–C–N with tert-alkyl or cyclic N) is 1. The number of ether oxygens (including phenoxy) is 2. The fourth-order valence-electron chi connectivity index (χ4n) is 2.49. The van der Waals surface area contributed by atoms with Crippen molar-refractivity contribution < 1.29 is 14.6 Å². The Morgan fingerprint density at radius 2 is 2.14 bits per heavy atom. The van der Waals surface area contributed by atoms with Crippen molar-refractivity contribution in [3.63, 3.8) is 0 Å². The summed E-state index contributed by atoms with van der Waals surface area (Å²) < 4.78 is 10.5. The van der Waals surface area contributed by atoms with Crippen LogP contribution in [0.15, 0.2) is 24.3 Å². The molecule has 1 aromatic carbocycles. The summed E-state index contributed by atoms with van der Waals surface area (Å²) in [6.07, 6.45) is -0.365. The van der Waals surface area contributed by atoms with E-state index in [1.807, 2.05) is 18.2 Å². The monoisotopic (exact) mass is 294 g/mol. The van der Waals surface area contributed by atoms with E-state index in [2.05, 4.69) is 23.2 Å². The topological polar surface area (TPSA) is 54.0 Å². The third-order valence-electron chi connectivity index (χ3n) is 3.83. The molecule has 21 heavy (non-hydrogen) atoms. The van der Waals surface area contributed by atoms with Crippen molar-refractivity contribution in [2.75, 3.05) is 46.5 Å². The Hall–Kier alpha value is -1.14. The molecule has 0 radical (unpaired) electrons. The molecule has 1 heterocycles. The molecule has 0 aliphatic carbocycles. The number of hydrogen-bond donors (Lipinski definition) is 2. The zero-order chi connectivity index (χ0) is 15.1. The van der Waals surface area contributed by atoms with Crippen LogP contribution in [0.5, 0.6) is 5.75 Å². The quantitative estimate of drug-likeness (QED) is 0.787. The highest BCUT2D eigenvalue weighted by molar-refractivity contribution is 5.30. The molecule has 0 aromatic heterocycles. The second-order valence-corrected chi connectivity index (χ2v) is 5.47. The van der Waals surface area contributed by atoms with Crippen molar-refractivity contribution >= 4 is 0 Å². The van der Waals surface area contributed by atoms with Gasteiger partial charge in [-0.2, -0.15) is 0 Å². The highest BCUT2D eigenvalue weighted by Gasteiger charge is 2.15. The third-order valence-corrected chi connectivity index (χ3v) is 3.83. The van der Waals surface area contributed by atoms with Crippen molar-refractivity contribution in [1.82, 2.24) is 10.2 Å². The van der Waals surface area contributed by atoms with Crippen LogP contribution in [0.3, 0.4) is 0 Å². The fraction of sp³-hybridized carbons (Fsp3) is 0.625. The fourth-order valence-corrected chi connectivity index (χ4v) is 2.49. The van der Waals surface area contributed by atoms with Crippen LogP contribution in [0.2, 0.25) is 0 Å². The number of morpholine rings is 1. The molecule has 1 saturated heterocycles. The number of aliphatic hydroxyl groups is 1. The smallest absolute Gasteiger partial charge is 0.119 e. The molecule has 1 fully saturated rings. The highest BCUT2D eigenvalue weighted by atomic mass is 16.5. The summed E-state index contributed by atoms with van der Waals surface area (Å²) in [7, 11) is 1.67. The SMILES string of the molecule is COc1cccc([C@H](C)NCC(O)CN2CCOCC2)c1. The first-order valence-corrected chi connectivity index (χ1v) is 7.54. The zero-order valence-corrected chi connectivity index (χ0v) is 12.9. The van der Waals surface area contributed by atoms with E-state index in [-0.39, 0.29) is 12.1 Å². The minimum atomic E-state index is -0.365. The van der Waals surface area contributed by atoms with Crippen LogP contribution in [-0.2, 0) is 4.74 Å². The van der Waals surface area contributed by atoms with Crippen molar-refractivity contribution in [2.24, 2.45) is 0 Å². The summed E-state index contributed by atoms with van der Waals surface area (Å²) in [5, 5.41) is 13.5. The lowest BCUT2D eigenvalue weighted by atomic mass is 10.1. The summed E-state index contributed by atoms with van der Waals surface area (Å²) in [6.45, 7) is 6.71. The molecule has 1 unspecified atom stereocenters. The summed E-state index contributed by atoms with van der Waals surface area (Å²) >= 11 is 0. The molecule has 2 atom stereocenters. The first kappa shape index (κ1) is 16.2. The van der Waals surface area contributed by atoms with Gasteiger partial charge in [0.05, 0.1) is 26.4 Å². The second-order valence-electron chi connectivity index (χ2n) is 5.47. The van der Waals surface area contributed by atoms with Crippen molar-refractivity contribution in [2.45, 2.75) is 19.1 Å². The molecule has 0 amide bonds. The van der Waals surface area contributed by atoms with Crippen molar-refractivity contribution in [3.8, 4) is 5.75 Å². The molecule has 5 heteroatoms.